The van der Waals surface area contributed by atoms with E-state index >= 15 is 0 Å². The molecule has 2 rings (SSSR count). The lowest BCUT2D eigenvalue weighted by Crippen LogP contribution is -2.26. The Labute approximate surface area is 119 Å². The molecule has 0 aliphatic heterocycles. The molecule has 1 N–H and O–H groups in total. The molecule has 0 fully saturated rings. The number of nitrogens with one attached hydrogen (secondary N) is 1. The molecule has 1 unspecified atom stereocenters. The van der Waals surface area contributed by atoms with Crippen molar-refractivity contribution < 1.29 is 9.13 Å². The molecule has 0 heterocycles. The van der Waals surface area contributed by atoms with Gasteiger partial charge in [0.05, 0.1) is 0 Å². The van der Waals surface area contributed by atoms with Crippen molar-refractivity contribution in [3.05, 3.63) is 66.0 Å². The number of ether oxygens (including phenoxy) is 1. The van der Waals surface area contributed by atoms with Crippen molar-refractivity contribution in [3.8, 4) is 5.75 Å². The van der Waals surface area contributed by atoms with Crippen LogP contribution in [-0.2, 0) is 0 Å². The van der Waals surface area contributed by atoms with E-state index in [0.717, 1.165) is 17.7 Å². The van der Waals surface area contributed by atoms with Gasteiger partial charge in [-0.1, -0.05) is 43.3 Å². The summed E-state index contributed by atoms with van der Waals surface area (Å²) in [5, 5.41) is 3.33. The lowest BCUT2D eigenvalue weighted by Gasteiger charge is -2.18. The van der Waals surface area contributed by atoms with E-state index in [1.54, 1.807) is 6.07 Å². The predicted octanol–water partition coefficient (Wildman–Crippen LogP) is 3.95. The van der Waals surface area contributed by atoms with E-state index in [4.69, 9.17) is 4.74 Å². The van der Waals surface area contributed by atoms with E-state index in [-0.39, 0.29) is 11.9 Å². The SMILES string of the molecule is CCC(NCCOc1ccccc1)c1ccccc1F. The molecule has 20 heavy (non-hydrogen) atoms. The van der Waals surface area contributed by atoms with Crippen molar-refractivity contribution in [1.29, 1.82) is 0 Å². The largest absolute Gasteiger partial charge is 0.492 e. The highest BCUT2D eigenvalue weighted by molar-refractivity contribution is 5.22. The lowest BCUT2D eigenvalue weighted by molar-refractivity contribution is 0.303. The summed E-state index contributed by atoms with van der Waals surface area (Å²) in [4.78, 5) is 0. The first-order valence-electron chi connectivity index (χ1n) is 6.97. The summed E-state index contributed by atoms with van der Waals surface area (Å²) in [6.07, 6.45) is 0.840. The van der Waals surface area contributed by atoms with Crippen LogP contribution in [0.4, 0.5) is 4.39 Å². The van der Waals surface area contributed by atoms with Gasteiger partial charge in [0, 0.05) is 18.2 Å². The standard InChI is InChI=1S/C17H20FNO/c1-2-17(15-10-6-7-11-16(15)18)19-12-13-20-14-8-4-3-5-9-14/h3-11,17,19H,2,12-13H2,1H3. The fourth-order valence-corrected chi connectivity index (χ4v) is 2.15. The summed E-state index contributed by atoms with van der Waals surface area (Å²) in [7, 11) is 0. The van der Waals surface area contributed by atoms with Gasteiger partial charge in [0.15, 0.2) is 0 Å². The van der Waals surface area contributed by atoms with E-state index in [2.05, 4.69) is 5.32 Å². The maximum Gasteiger partial charge on any atom is 0.127 e. The maximum atomic E-state index is 13.7. The molecule has 2 aromatic carbocycles. The Balaban J connectivity index is 1.81. The summed E-state index contributed by atoms with van der Waals surface area (Å²) in [6, 6.07) is 16.6. The van der Waals surface area contributed by atoms with Gasteiger partial charge in [-0.3, -0.25) is 0 Å². The minimum absolute atomic E-state index is 0.0237. The van der Waals surface area contributed by atoms with Crippen molar-refractivity contribution >= 4 is 0 Å². The second-order valence-corrected chi connectivity index (χ2v) is 4.60. The molecular weight excluding hydrogens is 253 g/mol. The fourth-order valence-electron chi connectivity index (χ4n) is 2.15. The van der Waals surface area contributed by atoms with Gasteiger partial charge in [-0.15, -0.1) is 0 Å². The second kappa shape index (κ2) is 7.65. The monoisotopic (exact) mass is 273 g/mol. The predicted molar refractivity (Wildman–Crippen MR) is 79.4 cm³/mol. The Bertz CT molecular complexity index is 515. The first kappa shape index (κ1) is 14.5. The highest BCUT2D eigenvalue weighted by atomic mass is 19.1. The third kappa shape index (κ3) is 4.07. The molecule has 0 radical (unpaired) electrons. The van der Waals surface area contributed by atoms with Crippen molar-refractivity contribution in [2.75, 3.05) is 13.2 Å². The molecule has 2 nitrogen and oxygen atoms in total. The average Bonchev–Trinajstić information content (AvgIpc) is 2.50. The van der Waals surface area contributed by atoms with E-state index in [9.17, 15) is 4.39 Å². The van der Waals surface area contributed by atoms with Crippen LogP contribution in [-0.4, -0.2) is 13.2 Å². The Hall–Kier alpha value is -1.87. The van der Waals surface area contributed by atoms with Crippen LogP contribution in [0.3, 0.4) is 0 Å². The summed E-state index contributed by atoms with van der Waals surface area (Å²) < 4.78 is 19.3. The molecule has 0 aromatic heterocycles. The number of para-hydroxylation sites is 1. The molecule has 0 aliphatic carbocycles. The first-order chi connectivity index (χ1) is 9.81. The molecule has 0 saturated heterocycles. The molecule has 0 spiro atoms. The summed E-state index contributed by atoms with van der Waals surface area (Å²) in [6.45, 7) is 3.29. The normalized spacial score (nSPS) is 12.1. The number of hydrogen-bond donors (Lipinski definition) is 1. The van der Waals surface area contributed by atoms with E-state index < -0.39 is 0 Å². The summed E-state index contributed by atoms with van der Waals surface area (Å²) in [5.74, 6) is 0.698. The van der Waals surface area contributed by atoms with Crippen LogP contribution < -0.4 is 10.1 Å². The smallest absolute Gasteiger partial charge is 0.127 e. The van der Waals surface area contributed by atoms with Gasteiger partial charge in [-0.25, -0.2) is 4.39 Å². The Morgan fingerprint density at radius 1 is 1.05 bits per heavy atom. The van der Waals surface area contributed by atoms with Crippen molar-refractivity contribution in [3.63, 3.8) is 0 Å². The quantitative estimate of drug-likeness (QED) is 0.771. The van der Waals surface area contributed by atoms with Crippen LogP contribution >= 0.6 is 0 Å². The van der Waals surface area contributed by atoms with Gasteiger partial charge in [-0.2, -0.15) is 0 Å². The third-order valence-corrected chi connectivity index (χ3v) is 3.19. The van der Waals surface area contributed by atoms with Crippen molar-refractivity contribution in [2.24, 2.45) is 0 Å². The highest BCUT2D eigenvalue weighted by Gasteiger charge is 2.12. The van der Waals surface area contributed by atoms with E-state index in [1.807, 2.05) is 49.4 Å². The molecule has 3 heteroatoms. The van der Waals surface area contributed by atoms with Crippen LogP contribution in [0.15, 0.2) is 54.6 Å². The molecule has 0 amide bonds. The van der Waals surface area contributed by atoms with Gasteiger partial charge in [0.2, 0.25) is 0 Å². The van der Waals surface area contributed by atoms with Crippen LogP contribution in [0.5, 0.6) is 5.75 Å². The average molecular weight is 273 g/mol. The Morgan fingerprint density at radius 2 is 1.75 bits per heavy atom. The highest BCUT2D eigenvalue weighted by Crippen LogP contribution is 2.19. The van der Waals surface area contributed by atoms with Gasteiger partial charge < -0.3 is 10.1 Å². The van der Waals surface area contributed by atoms with Crippen LogP contribution in [0.2, 0.25) is 0 Å². The van der Waals surface area contributed by atoms with Crippen LogP contribution in [0.25, 0.3) is 0 Å². The van der Waals surface area contributed by atoms with E-state index in [0.29, 0.717) is 13.2 Å². The van der Waals surface area contributed by atoms with Gasteiger partial charge >= 0.3 is 0 Å². The van der Waals surface area contributed by atoms with E-state index in [1.165, 1.54) is 6.07 Å². The third-order valence-electron chi connectivity index (χ3n) is 3.19. The number of hydrogen-bond acceptors (Lipinski definition) is 2. The minimum atomic E-state index is -0.157. The zero-order valence-electron chi connectivity index (χ0n) is 11.7. The van der Waals surface area contributed by atoms with Gasteiger partial charge in [0.1, 0.15) is 18.2 Å². The Kier molecular flexibility index (Phi) is 5.56. The Morgan fingerprint density at radius 3 is 2.45 bits per heavy atom. The molecule has 2 aromatic rings. The number of rotatable bonds is 7. The van der Waals surface area contributed by atoms with Crippen LogP contribution in [0, 0.1) is 5.82 Å². The molecule has 0 saturated carbocycles. The molecule has 0 aliphatic rings. The van der Waals surface area contributed by atoms with Gasteiger partial charge in [-0.05, 0) is 24.6 Å². The zero-order chi connectivity index (χ0) is 14.2. The van der Waals surface area contributed by atoms with Crippen molar-refractivity contribution in [2.45, 2.75) is 19.4 Å². The van der Waals surface area contributed by atoms with Crippen molar-refractivity contribution in [1.82, 2.24) is 5.32 Å². The fraction of sp³-hybridized carbons (Fsp3) is 0.294. The number of benzene rings is 2. The van der Waals surface area contributed by atoms with Crippen LogP contribution in [0.1, 0.15) is 24.9 Å². The molecular formula is C17H20FNO. The second-order valence-electron chi connectivity index (χ2n) is 4.60. The maximum absolute atomic E-state index is 13.7. The topological polar surface area (TPSA) is 21.3 Å². The minimum Gasteiger partial charge on any atom is -0.492 e. The zero-order valence-corrected chi connectivity index (χ0v) is 11.7. The summed E-state index contributed by atoms with van der Waals surface area (Å²) in [5.41, 5.74) is 0.717. The first-order valence-corrected chi connectivity index (χ1v) is 6.97. The molecule has 0 bridgehead atoms. The molecule has 1 atom stereocenters. The lowest BCUT2D eigenvalue weighted by atomic mass is 10.0. The summed E-state index contributed by atoms with van der Waals surface area (Å²) >= 11 is 0. The molecule has 106 valence electrons. The number of halogens is 1. The van der Waals surface area contributed by atoms with Gasteiger partial charge in [0.25, 0.3) is 0 Å².